The highest BCUT2D eigenvalue weighted by atomic mass is 32.2. The summed E-state index contributed by atoms with van der Waals surface area (Å²) in [4.78, 5) is 26.1. The molecule has 3 atom stereocenters. The minimum Gasteiger partial charge on any atom is -0.453 e. The van der Waals surface area contributed by atoms with E-state index in [1.165, 1.54) is 31.4 Å². The number of hydrogen-bond acceptors (Lipinski definition) is 7. The molecule has 0 unspecified atom stereocenters. The second kappa shape index (κ2) is 18.3. The number of methoxy groups -OCH3 is 1. The van der Waals surface area contributed by atoms with Crippen molar-refractivity contribution >= 4 is 22.0 Å². The number of hydrogen-bond donors (Lipinski definition) is 4. The van der Waals surface area contributed by atoms with Crippen LogP contribution in [-0.4, -0.2) is 80.0 Å². The van der Waals surface area contributed by atoms with E-state index >= 15 is 0 Å². The van der Waals surface area contributed by atoms with Crippen LogP contribution in [0.4, 0.5) is 9.18 Å². The molecule has 46 heavy (non-hydrogen) atoms. The molecular weight excluding hydrogens is 613 g/mol. The van der Waals surface area contributed by atoms with Crippen LogP contribution in [0.3, 0.4) is 0 Å². The van der Waals surface area contributed by atoms with E-state index in [0.717, 1.165) is 15.4 Å². The highest BCUT2D eigenvalue weighted by Gasteiger charge is 2.34. The van der Waals surface area contributed by atoms with Gasteiger partial charge in [-0.3, -0.25) is 9.18 Å². The Hall–Kier alpha value is -3.84. The topological polar surface area (TPSA) is 145 Å². The fourth-order valence-electron chi connectivity index (χ4n) is 5.39. The van der Waals surface area contributed by atoms with Gasteiger partial charge in [0.05, 0.1) is 31.9 Å². The van der Waals surface area contributed by atoms with Crippen molar-refractivity contribution in [1.29, 1.82) is 0 Å². The van der Waals surface area contributed by atoms with Gasteiger partial charge in [0.15, 0.2) is 0 Å². The van der Waals surface area contributed by atoms with E-state index in [2.05, 4.69) is 10.6 Å². The highest BCUT2D eigenvalue weighted by molar-refractivity contribution is 7.89. The number of alkyl carbamates (subject to hydrolysis) is 1. The Bertz CT molecular complexity index is 1420. The van der Waals surface area contributed by atoms with Gasteiger partial charge in [-0.05, 0) is 61.4 Å². The van der Waals surface area contributed by atoms with Gasteiger partial charge in [-0.1, -0.05) is 72.8 Å². The third-order valence-corrected chi connectivity index (χ3v) is 9.76. The van der Waals surface area contributed by atoms with Crippen molar-refractivity contribution in [2.24, 2.45) is 0 Å². The number of ether oxygens (including phenoxy) is 1. The first-order valence-corrected chi connectivity index (χ1v) is 16.7. The Labute approximate surface area is 270 Å². The summed E-state index contributed by atoms with van der Waals surface area (Å²) < 4.78 is 46.1. The lowest BCUT2D eigenvalue weighted by atomic mass is 9.84. The summed E-state index contributed by atoms with van der Waals surface area (Å²) in [5.41, 5.74) is 2.19. The number of carbonyl (C=O) groups is 2. The van der Waals surface area contributed by atoms with Crippen LogP contribution in [0.1, 0.15) is 55.2 Å². The van der Waals surface area contributed by atoms with Gasteiger partial charge in [0.25, 0.3) is 0 Å². The second-order valence-electron chi connectivity index (χ2n) is 11.0. The van der Waals surface area contributed by atoms with E-state index < -0.39 is 53.3 Å². The second-order valence-corrected chi connectivity index (χ2v) is 12.9. The van der Waals surface area contributed by atoms with Crippen molar-refractivity contribution in [1.82, 2.24) is 14.9 Å². The van der Waals surface area contributed by atoms with E-state index in [4.69, 9.17) is 4.74 Å². The lowest BCUT2D eigenvalue weighted by Crippen LogP contribution is -2.52. The van der Waals surface area contributed by atoms with Crippen LogP contribution >= 0.6 is 0 Å². The number of carbonyl (C=O) groups excluding carboxylic acids is 2. The molecule has 12 heteroatoms. The molecule has 0 radical (unpaired) electrons. The van der Waals surface area contributed by atoms with Crippen LogP contribution in [0.25, 0.3) is 0 Å². The summed E-state index contributed by atoms with van der Waals surface area (Å²) >= 11 is 0. The summed E-state index contributed by atoms with van der Waals surface area (Å²) in [6, 6.07) is 22.3. The molecule has 4 N–H and O–H groups in total. The Morgan fingerprint density at radius 3 is 1.96 bits per heavy atom. The molecule has 3 rings (SSSR count). The quantitative estimate of drug-likeness (QED) is 0.161. The van der Waals surface area contributed by atoms with Crippen LogP contribution < -0.4 is 10.6 Å². The Morgan fingerprint density at radius 2 is 1.46 bits per heavy atom. The zero-order valence-corrected chi connectivity index (χ0v) is 27.0. The van der Waals surface area contributed by atoms with Crippen molar-refractivity contribution in [3.8, 4) is 0 Å². The first kappa shape index (κ1) is 36.6. The Morgan fingerprint density at radius 1 is 0.870 bits per heavy atom. The molecular formula is C34H44FN3O7S. The number of nitrogens with one attached hydrogen (secondary N) is 2. The molecule has 0 aliphatic carbocycles. The molecule has 0 aliphatic heterocycles. The van der Waals surface area contributed by atoms with Gasteiger partial charge in [0.2, 0.25) is 15.9 Å². The molecule has 3 aromatic carbocycles. The third-order valence-electron chi connectivity index (χ3n) is 7.80. The minimum atomic E-state index is -4.06. The minimum absolute atomic E-state index is 0.0156. The zero-order valence-electron chi connectivity index (χ0n) is 26.2. The van der Waals surface area contributed by atoms with Crippen molar-refractivity contribution in [3.05, 3.63) is 102 Å². The number of benzene rings is 3. The van der Waals surface area contributed by atoms with Gasteiger partial charge in [0.1, 0.15) is 6.04 Å². The zero-order chi connectivity index (χ0) is 33.5. The maximum absolute atomic E-state index is 13.7. The fourth-order valence-corrected chi connectivity index (χ4v) is 7.08. The van der Waals surface area contributed by atoms with Crippen molar-refractivity contribution < 1.29 is 37.3 Å². The van der Waals surface area contributed by atoms with Gasteiger partial charge in [-0.15, -0.1) is 0 Å². The van der Waals surface area contributed by atoms with Gasteiger partial charge in [-0.25, -0.2) is 13.2 Å². The standard InChI is InChI=1S/C34H44FN3O7S/c1-25(11-9-16-29(24-40)38(22-10-21-35)46(43,44)30-19-17-26(23-39)18-20-30)36-33(41)32(37-34(42)45-2)31(27-12-5-3-6-13-27)28-14-7-4-8-15-28/h3-8,12-15,17-20,25,29,31-32,39-40H,9-11,16,21-24H2,1-2H3,(H,36,41)(H,37,42)/t25-,29-,32-/m0/s1. The number of halogens is 1. The molecule has 0 spiro atoms. The van der Waals surface area contributed by atoms with Crippen molar-refractivity contribution in [2.75, 3.05) is 26.9 Å². The summed E-state index contributed by atoms with van der Waals surface area (Å²) in [5.74, 6) is -0.944. The van der Waals surface area contributed by atoms with Gasteiger partial charge in [-0.2, -0.15) is 4.31 Å². The summed E-state index contributed by atoms with van der Waals surface area (Å²) in [5, 5.41) is 25.2. The molecule has 250 valence electrons. The molecule has 10 nitrogen and oxygen atoms in total. The first-order chi connectivity index (χ1) is 22.2. The van der Waals surface area contributed by atoms with Gasteiger partial charge < -0.3 is 25.6 Å². The maximum atomic E-state index is 13.7. The number of nitrogens with zero attached hydrogens (tertiary/aromatic N) is 1. The largest absolute Gasteiger partial charge is 0.453 e. The normalized spacial score (nSPS) is 13.6. The molecule has 0 bridgehead atoms. The van der Waals surface area contributed by atoms with Gasteiger partial charge >= 0.3 is 6.09 Å². The van der Waals surface area contributed by atoms with Crippen LogP contribution in [0.2, 0.25) is 0 Å². The fraction of sp³-hybridized carbons (Fsp3) is 0.412. The van der Waals surface area contributed by atoms with E-state index in [1.54, 1.807) is 6.92 Å². The van der Waals surface area contributed by atoms with Gasteiger partial charge in [0, 0.05) is 24.5 Å². The summed E-state index contributed by atoms with van der Waals surface area (Å²) in [6.07, 6.45) is 0.355. The van der Waals surface area contributed by atoms with Crippen LogP contribution in [0.5, 0.6) is 0 Å². The molecule has 0 fully saturated rings. The lowest BCUT2D eigenvalue weighted by molar-refractivity contribution is -0.124. The average molecular weight is 658 g/mol. The molecule has 3 aromatic rings. The molecule has 0 aromatic heterocycles. The molecule has 0 heterocycles. The van der Waals surface area contributed by atoms with E-state index in [-0.39, 0.29) is 36.9 Å². The van der Waals surface area contributed by atoms with Crippen molar-refractivity contribution in [2.45, 2.75) is 68.2 Å². The smallest absolute Gasteiger partial charge is 0.407 e. The van der Waals surface area contributed by atoms with E-state index in [9.17, 15) is 32.6 Å². The number of amides is 2. The van der Waals surface area contributed by atoms with Crippen LogP contribution in [0.15, 0.2) is 89.8 Å². The number of aliphatic hydroxyl groups excluding tert-OH is 2. The Balaban J connectivity index is 1.74. The molecule has 2 amide bonds. The first-order valence-electron chi connectivity index (χ1n) is 15.3. The molecule has 0 saturated heterocycles. The number of sulfonamides is 1. The average Bonchev–Trinajstić information content (AvgIpc) is 3.08. The molecule has 0 saturated carbocycles. The number of alkyl halides is 1. The summed E-state index contributed by atoms with van der Waals surface area (Å²) in [6.45, 7) is 0.270. The lowest BCUT2D eigenvalue weighted by Gasteiger charge is -2.30. The van der Waals surface area contributed by atoms with Crippen LogP contribution in [0, 0.1) is 0 Å². The number of rotatable bonds is 18. The third kappa shape index (κ3) is 10.1. The molecule has 0 aliphatic rings. The van der Waals surface area contributed by atoms with E-state index in [0.29, 0.717) is 18.4 Å². The maximum Gasteiger partial charge on any atom is 0.407 e. The monoisotopic (exact) mass is 657 g/mol. The van der Waals surface area contributed by atoms with Crippen molar-refractivity contribution in [3.63, 3.8) is 0 Å². The van der Waals surface area contributed by atoms with E-state index in [1.807, 2.05) is 60.7 Å². The SMILES string of the molecule is COC(=O)N[C@H](C(=O)N[C@@H](C)CCC[C@@H](CO)N(CCCF)S(=O)(=O)c1ccc(CO)cc1)C(c1ccccc1)c1ccccc1. The predicted octanol–water partition coefficient (Wildman–Crippen LogP) is 4.12. The number of aliphatic hydroxyl groups is 2. The highest BCUT2D eigenvalue weighted by Crippen LogP contribution is 2.29. The predicted molar refractivity (Wildman–Crippen MR) is 173 cm³/mol. The Kier molecular flexibility index (Phi) is 14.6. The summed E-state index contributed by atoms with van der Waals surface area (Å²) in [7, 11) is -2.84. The van der Waals surface area contributed by atoms with Crippen LogP contribution in [-0.2, 0) is 26.2 Å².